The Bertz CT molecular complexity index is 4910. The number of hydrogen-bond donors (Lipinski definition) is 0. The zero-order chi connectivity index (χ0) is 59.3. The van der Waals surface area contributed by atoms with Crippen LogP contribution >= 0.6 is 0 Å². The summed E-state index contributed by atoms with van der Waals surface area (Å²) in [5.74, 6) is -1.25. The van der Waals surface area contributed by atoms with Crippen molar-refractivity contribution >= 4 is 108 Å². The first-order valence-electron chi connectivity index (χ1n) is 31.0. The Morgan fingerprint density at radius 3 is 0.787 bits per heavy atom. The normalized spacial score (nSPS) is 15.5. The van der Waals surface area contributed by atoms with Gasteiger partial charge in [0.15, 0.2) is 5.79 Å². The summed E-state index contributed by atoms with van der Waals surface area (Å²) in [5, 5.41) is 22.2. The molecule has 1 fully saturated rings. The maximum Gasteiger partial charge on any atom is 0.164 e. The Balaban J connectivity index is 1.07. The van der Waals surface area contributed by atoms with E-state index in [0.717, 1.165) is 141 Å². The van der Waals surface area contributed by atoms with Crippen molar-refractivity contribution in [2.75, 3.05) is 0 Å². The van der Waals surface area contributed by atoms with Crippen LogP contribution in [-0.4, -0.2) is 18.0 Å². The van der Waals surface area contributed by atoms with Gasteiger partial charge in [-0.05, 0) is 191 Å². The average molecular weight is 1150 g/mol. The molecule has 1 heterocycles. The molecule has 0 bridgehead atoms. The van der Waals surface area contributed by atoms with E-state index in [9.17, 15) is 0 Å². The summed E-state index contributed by atoms with van der Waals surface area (Å²) in [6, 6.07) is 111. The van der Waals surface area contributed by atoms with Crippen molar-refractivity contribution in [1.82, 2.24) is 0 Å². The first-order valence-corrected chi connectivity index (χ1v) is 31.0. The van der Waals surface area contributed by atoms with Gasteiger partial charge in [0.05, 0.1) is 13.2 Å². The summed E-state index contributed by atoms with van der Waals surface area (Å²) in [7, 11) is 0. The predicted molar refractivity (Wildman–Crippen MR) is 369 cm³/mol. The van der Waals surface area contributed by atoms with Crippen molar-refractivity contribution in [3.8, 4) is 0 Å². The Hall–Kier alpha value is -10.0. The second kappa shape index (κ2) is 21.1. The summed E-state index contributed by atoms with van der Waals surface area (Å²) >= 11 is 0. The van der Waals surface area contributed by atoms with Gasteiger partial charge in [-0.2, -0.15) is 0 Å². The largest absolute Gasteiger partial charge is 0.358 e. The molecule has 1 saturated heterocycles. The minimum absolute atomic E-state index is 0.211. The van der Waals surface area contributed by atoms with Gasteiger partial charge in [0, 0.05) is 0 Å². The molecule has 0 aliphatic carbocycles. The second-order valence-corrected chi connectivity index (χ2v) is 24.7. The SMILES string of the molecule is CC1(C)OC(C(OCc2ccc3ccccc3c2)(c2cc3ccccc3c3ccccc23)c2cc3ccccc3c3ccccc23)C(C(OCc2ccc3ccccc3c2)(c2cc3ccccc3c3ccccc23)c2cc3ccccc3c3ccccc23)O1. The number of hydrogen-bond acceptors (Lipinski definition) is 4. The molecule has 2 atom stereocenters. The molecule has 17 rings (SSSR count). The second-order valence-electron chi connectivity index (χ2n) is 24.7. The van der Waals surface area contributed by atoms with E-state index >= 15 is 0 Å². The highest BCUT2D eigenvalue weighted by molar-refractivity contribution is 6.14. The third-order valence-corrected chi connectivity index (χ3v) is 19.1. The zero-order valence-corrected chi connectivity index (χ0v) is 49.6. The van der Waals surface area contributed by atoms with E-state index in [0.29, 0.717) is 0 Å². The molecule has 1 aliphatic heterocycles. The van der Waals surface area contributed by atoms with E-state index in [1.54, 1.807) is 0 Å². The minimum Gasteiger partial charge on any atom is -0.358 e. The van der Waals surface area contributed by atoms with Gasteiger partial charge in [-0.15, -0.1) is 0 Å². The lowest BCUT2D eigenvalue weighted by Crippen LogP contribution is -2.57. The summed E-state index contributed by atoms with van der Waals surface area (Å²) in [4.78, 5) is 0. The summed E-state index contributed by atoms with van der Waals surface area (Å²) < 4.78 is 33.7. The van der Waals surface area contributed by atoms with Gasteiger partial charge in [0.1, 0.15) is 23.4 Å². The molecule has 0 saturated carbocycles. The molecule has 1 aliphatic rings. The molecule has 0 amide bonds. The van der Waals surface area contributed by atoms with Gasteiger partial charge >= 0.3 is 0 Å². The third kappa shape index (κ3) is 8.66. The topological polar surface area (TPSA) is 36.9 Å². The molecule has 4 nitrogen and oxygen atoms in total. The maximum atomic E-state index is 8.59. The molecule has 16 aromatic rings. The molecular formula is C85H62O4. The van der Waals surface area contributed by atoms with E-state index < -0.39 is 29.2 Å². The van der Waals surface area contributed by atoms with Gasteiger partial charge in [-0.1, -0.05) is 267 Å². The van der Waals surface area contributed by atoms with Crippen LogP contribution in [0.5, 0.6) is 0 Å². The van der Waals surface area contributed by atoms with Gasteiger partial charge in [-0.3, -0.25) is 0 Å². The lowest BCUT2D eigenvalue weighted by molar-refractivity contribution is -0.182. The molecule has 0 aromatic heterocycles. The summed E-state index contributed by atoms with van der Waals surface area (Å²) in [6.45, 7) is 4.58. The van der Waals surface area contributed by atoms with Crippen LogP contribution in [-0.2, 0) is 43.4 Å². The fourth-order valence-corrected chi connectivity index (χ4v) is 15.2. The lowest BCUT2D eigenvalue weighted by atomic mass is 9.68. The fourth-order valence-electron chi connectivity index (χ4n) is 15.2. The zero-order valence-electron chi connectivity index (χ0n) is 49.6. The molecular weight excluding hydrogens is 1080 g/mol. The van der Waals surface area contributed by atoms with E-state index in [1.807, 2.05) is 0 Å². The highest BCUT2D eigenvalue weighted by Gasteiger charge is 2.65. The van der Waals surface area contributed by atoms with Crippen LogP contribution in [0.15, 0.2) is 303 Å². The van der Waals surface area contributed by atoms with Crippen LogP contribution in [0.4, 0.5) is 0 Å². The van der Waals surface area contributed by atoms with Crippen LogP contribution in [0.3, 0.4) is 0 Å². The number of benzene rings is 16. The van der Waals surface area contributed by atoms with Gasteiger partial charge in [0.25, 0.3) is 0 Å². The Labute approximate surface area is 516 Å². The van der Waals surface area contributed by atoms with Crippen LogP contribution < -0.4 is 0 Å². The molecule has 2 unspecified atom stereocenters. The van der Waals surface area contributed by atoms with Crippen LogP contribution in [0.25, 0.3) is 108 Å². The van der Waals surface area contributed by atoms with E-state index in [4.69, 9.17) is 18.9 Å². The Morgan fingerprint density at radius 2 is 0.494 bits per heavy atom. The monoisotopic (exact) mass is 1150 g/mol. The molecule has 4 heteroatoms. The maximum absolute atomic E-state index is 8.59. The van der Waals surface area contributed by atoms with Crippen molar-refractivity contribution < 1.29 is 18.9 Å². The van der Waals surface area contributed by atoms with Gasteiger partial charge in [-0.25, -0.2) is 0 Å². The first kappa shape index (κ1) is 53.2. The standard InChI is InChI=1S/C85H62O4/c1-83(2)88-81(84(86-53-55-43-45-57-23-3-5-25-59(57)47-55,77-49-61-27-7-11-31-65(61)69-35-15-19-39-73(69)77)78-50-62-28-8-12-32-66(62)70-36-16-20-40-74(70)78)82(89-83)85(87-54-56-44-46-58-24-4-6-26-60(58)48-56,79-51-63-29-9-13-33-67(63)71-37-17-21-41-75(71)79)80-52-64-30-10-14-34-68(64)72-38-18-22-42-76(72)80/h3-52,81-82H,53-54H2,1-2H3. The van der Waals surface area contributed by atoms with Crippen molar-refractivity contribution in [3.05, 3.63) is 337 Å². The summed E-state index contributed by atoms with van der Waals surface area (Å²) in [6.07, 6.45) is -1.97. The highest BCUT2D eigenvalue weighted by atomic mass is 16.8. The Kier molecular flexibility index (Phi) is 12.6. The highest BCUT2D eigenvalue weighted by Crippen LogP contribution is 2.59. The predicted octanol–water partition coefficient (Wildman–Crippen LogP) is 21.4. The number of fused-ring (bicyclic) bond motifs is 14. The molecule has 0 spiro atoms. The fraction of sp³-hybridized carbons (Fsp3) is 0.106. The van der Waals surface area contributed by atoms with Crippen LogP contribution in [0, 0.1) is 0 Å². The molecule has 16 aromatic carbocycles. The third-order valence-electron chi connectivity index (χ3n) is 19.1. The lowest BCUT2D eigenvalue weighted by Gasteiger charge is -2.48. The number of ether oxygens (including phenoxy) is 4. The van der Waals surface area contributed by atoms with E-state index in [2.05, 4.69) is 317 Å². The van der Waals surface area contributed by atoms with E-state index in [-0.39, 0.29) is 13.2 Å². The van der Waals surface area contributed by atoms with Gasteiger partial charge < -0.3 is 18.9 Å². The minimum atomic E-state index is -1.52. The van der Waals surface area contributed by atoms with Crippen molar-refractivity contribution in [1.29, 1.82) is 0 Å². The quantitative estimate of drug-likeness (QED) is 0.114. The molecule has 0 N–H and O–H groups in total. The van der Waals surface area contributed by atoms with Gasteiger partial charge in [0.2, 0.25) is 0 Å². The smallest absolute Gasteiger partial charge is 0.164 e. The van der Waals surface area contributed by atoms with Crippen LogP contribution in [0.1, 0.15) is 47.2 Å². The average Bonchev–Trinajstić information content (AvgIpc) is 1.70. The molecule has 0 radical (unpaired) electrons. The Morgan fingerprint density at radius 1 is 0.258 bits per heavy atom. The number of rotatable bonds is 12. The molecule has 89 heavy (non-hydrogen) atoms. The van der Waals surface area contributed by atoms with Crippen molar-refractivity contribution in [2.45, 2.75) is 56.3 Å². The van der Waals surface area contributed by atoms with Crippen molar-refractivity contribution in [3.63, 3.8) is 0 Å². The summed E-state index contributed by atoms with van der Waals surface area (Å²) in [5.41, 5.74) is 2.84. The van der Waals surface area contributed by atoms with Crippen molar-refractivity contribution in [2.24, 2.45) is 0 Å². The van der Waals surface area contributed by atoms with E-state index in [1.165, 1.54) is 0 Å². The first-order chi connectivity index (χ1) is 43.8. The molecule has 426 valence electrons. The van der Waals surface area contributed by atoms with Crippen LogP contribution in [0.2, 0.25) is 0 Å².